The van der Waals surface area contributed by atoms with Crippen molar-refractivity contribution in [2.45, 2.75) is 33.1 Å². The van der Waals surface area contributed by atoms with Gasteiger partial charge >= 0.3 is 0 Å². The molecule has 1 aliphatic heterocycles. The van der Waals surface area contributed by atoms with Crippen molar-refractivity contribution in [3.63, 3.8) is 0 Å². The first-order valence-electron chi connectivity index (χ1n) is 8.65. The van der Waals surface area contributed by atoms with Crippen LogP contribution in [0.5, 0.6) is 0 Å². The summed E-state index contributed by atoms with van der Waals surface area (Å²) in [6, 6.07) is 8.18. The molecular weight excluding hydrogens is 318 g/mol. The van der Waals surface area contributed by atoms with E-state index in [0.717, 1.165) is 24.3 Å². The minimum atomic E-state index is 0.0757. The summed E-state index contributed by atoms with van der Waals surface area (Å²) < 4.78 is 0. The number of carbonyl (C=O) groups excluding carboxylic acids is 1. The molecule has 1 aliphatic rings. The van der Waals surface area contributed by atoms with Gasteiger partial charge in [-0.3, -0.25) is 4.79 Å². The highest BCUT2D eigenvalue weighted by Crippen LogP contribution is 2.28. The maximum atomic E-state index is 12.3. The van der Waals surface area contributed by atoms with Crippen molar-refractivity contribution in [3.05, 3.63) is 35.2 Å². The summed E-state index contributed by atoms with van der Waals surface area (Å²) in [6.07, 6.45) is 2.91. The molecule has 0 spiro atoms. The van der Waals surface area contributed by atoms with E-state index in [9.17, 15) is 4.79 Å². The van der Waals surface area contributed by atoms with Crippen LogP contribution in [0.3, 0.4) is 0 Å². The third-order valence-corrected chi connectivity index (χ3v) is 5.63. The zero-order valence-electron chi connectivity index (χ0n) is 14.3. The van der Waals surface area contributed by atoms with Crippen molar-refractivity contribution in [2.24, 2.45) is 11.8 Å². The Morgan fingerprint density at radius 3 is 2.88 bits per heavy atom. The molecule has 2 aromatic rings. The van der Waals surface area contributed by atoms with Gasteiger partial charge in [-0.15, -0.1) is 11.3 Å². The average Bonchev–Trinajstić information content (AvgIpc) is 3.04. The number of amides is 1. The topological polar surface area (TPSA) is 54.0 Å². The van der Waals surface area contributed by atoms with Crippen LogP contribution in [0, 0.1) is 18.8 Å². The Morgan fingerprint density at radius 2 is 2.12 bits per heavy atom. The van der Waals surface area contributed by atoms with Gasteiger partial charge in [-0.1, -0.05) is 31.2 Å². The predicted octanol–water partition coefficient (Wildman–Crippen LogP) is 4.08. The van der Waals surface area contributed by atoms with Crippen LogP contribution in [0.15, 0.2) is 29.6 Å². The molecule has 1 fully saturated rings. The highest BCUT2D eigenvalue weighted by Gasteiger charge is 2.22. The van der Waals surface area contributed by atoms with Crippen molar-refractivity contribution in [1.82, 2.24) is 10.3 Å². The summed E-state index contributed by atoms with van der Waals surface area (Å²) >= 11 is 1.49. The Labute approximate surface area is 147 Å². The lowest BCUT2D eigenvalue weighted by atomic mass is 9.84. The smallest absolute Gasteiger partial charge is 0.226 e. The van der Waals surface area contributed by atoms with Crippen LogP contribution >= 0.6 is 11.3 Å². The molecule has 1 unspecified atom stereocenters. The second-order valence-corrected chi connectivity index (χ2v) is 7.53. The van der Waals surface area contributed by atoms with Crippen LogP contribution < -0.4 is 10.6 Å². The molecule has 0 radical (unpaired) electrons. The number of thiazole rings is 1. The Balaban J connectivity index is 1.58. The second-order valence-electron chi connectivity index (χ2n) is 6.67. The number of benzene rings is 1. The number of carbonyl (C=O) groups is 1. The summed E-state index contributed by atoms with van der Waals surface area (Å²) in [5, 5.41) is 9.05. The van der Waals surface area contributed by atoms with Gasteiger partial charge in [0.2, 0.25) is 5.91 Å². The molecule has 1 aromatic carbocycles. The largest absolute Gasteiger partial charge is 0.317 e. The molecule has 4 nitrogen and oxygen atoms in total. The normalized spacial score (nSPS) is 16.8. The molecule has 128 valence electrons. The average molecular weight is 343 g/mol. The Morgan fingerprint density at radius 1 is 1.38 bits per heavy atom. The van der Waals surface area contributed by atoms with E-state index in [0.29, 0.717) is 23.4 Å². The van der Waals surface area contributed by atoms with Gasteiger partial charge in [-0.05, 0) is 50.3 Å². The maximum absolute atomic E-state index is 12.3. The SMILES string of the molecule is Cc1ccccc1-c1csc(NC(=O)CC(C)C2CCNCC2)n1. The number of anilines is 1. The number of hydrogen-bond acceptors (Lipinski definition) is 4. The minimum absolute atomic E-state index is 0.0757. The third-order valence-electron chi connectivity index (χ3n) is 4.87. The standard InChI is InChI=1S/C19H25N3OS/c1-13-5-3-4-6-16(13)17-12-24-19(21-17)22-18(23)11-14(2)15-7-9-20-10-8-15/h3-6,12,14-15,20H,7-11H2,1-2H3,(H,21,22,23). The van der Waals surface area contributed by atoms with E-state index in [1.807, 2.05) is 17.5 Å². The van der Waals surface area contributed by atoms with Crippen molar-refractivity contribution in [1.29, 1.82) is 0 Å². The van der Waals surface area contributed by atoms with Gasteiger partial charge in [0.15, 0.2) is 5.13 Å². The number of rotatable bonds is 5. The molecule has 1 atom stereocenters. The van der Waals surface area contributed by atoms with Crippen LogP contribution in [0.1, 0.15) is 31.7 Å². The van der Waals surface area contributed by atoms with Gasteiger partial charge in [0.05, 0.1) is 5.69 Å². The van der Waals surface area contributed by atoms with Crippen LogP contribution in [-0.4, -0.2) is 24.0 Å². The minimum Gasteiger partial charge on any atom is -0.317 e. The molecule has 2 heterocycles. The summed E-state index contributed by atoms with van der Waals surface area (Å²) in [6.45, 7) is 6.41. The summed E-state index contributed by atoms with van der Waals surface area (Å²) in [5.74, 6) is 1.14. The molecule has 3 rings (SSSR count). The van der Waals surface area contributed by atoms with E-state index in [4.69, 9.17) is 0 Å². The molecule has 0 saturated carbocycles. The quantitative estimate of drug-likeness (QED) is 0.860. The van der Waals surface area contributed by atoms with E-state index < -0.39 is 0 Å². The van der Waals surface area contributed by atoms with E-state index in [-0.39, 0.29) is 5.91 Å². The summed E-state index contributed by atoms with van der Waals surface area (Å²) in [7, 11) is 0. The Kier molecular flexibility index (Phi) is 5.63. The van der Waals surface area contributed by atoms with E-state index in [2.05, 4.69) is 41.6 Å². The molecule has 24 heavy (non-hydrogen) atoms. The Hall–Kier alpha value is -1.72. The molecule has 5 heteroatoms. The van der Waals surface area contributed by atoms with E-state index in [1.54, 1.807) is 0 Å². The highest BCUT2D eigenvalue weighted by atomic mass is 32.1. The van der Waals surface area contributed by atoms with Gasteiger partial charge < -0.3 is 10.6 Å². The van der Waals surface area contributed by atoms with Gasteiger partial charge in [-0.25, -0.2) is 4.98 Å². The number of piperidine rings is 1. The van der Waals surface area contributed by atoms with Gasteiger partial charge in [0.25, 0.3) is 0 Å². The number of aromatic nitrogens is 1. The first kappa shape index (κ1) is 17.1. The summed E-state index contributed by atoms with van der Waals surface area (Å²) in [5.41, 5.74) is 3.25. The third kappa shape index (κ3) is 4.22. The maximum Gasteiger partial charge on any atom is 0.226 e. The van der Waals surface area contributed by atoms with Crippen molar-refractivity contribution >= 4 is 22.4 Å². The first-order valence-corrected chi connectivity index (χ1v) is 9.53. The van der Waals surface area contributed by atoms with Crippen molar-refractivity contribution in [3.8, 4) is 11.3 Å². The lowest BCUT2D eigenvalue weighted by molar-refractivity contribution is -0.117. The first-order chi connectivity index (χ1) is 11.6. The molecule has 1 amide bonds. The number of aryl methyl sites for hydroxylation is 1. The van der Waals surface area contributed by atoms with Crippen LogP contribution in [0.4, 0.5) is 5.13 Å². The second kappa shape index (κ2) is 7.90. The van der Waals surface area contributed by atoms with Gasteiger partial charge in [0, 0.05) is 17.4 Å². The fourth-order valence-corrected chi connectivity index (χ4v) is 4.08. The van der Waals surface area contributed by atoms with E-state index >= 15 is 0 Å². The zero-order valence-corrected chi connectivity index (χ0v) is 15.2. The van der Waals surface area contributed by atoms with Gasteiger partial charge in [-0.2, -0.15) is 0 Å². The fourth-order valence-electron chi connectivity index (χ4n) is 3.36. The molecule has 2 N–H and O–H groups in total. The van der Waals surface area contributed by atoms with Crippen LogP contribution in [-0.2, 0) is 4.79 Å². The monoisotopic (exact) mass is 343 g/mol. The Bertz CT molecular complexity index is 691. The molecule has 0 bridgehead atoms. The highest BCUT2D eigenvalue weighted by molar-refractivity contribution is 7.14. The van der Waals surface area contributed by atoms with Crippen molar-refractivity contribution < 1.29 is 4.79 Å². The summed E-state index contributed by atoms with van der Waals surface area (Å²) in [4.78, 5) is 16.9. The zero-order chi connectivity index (χ0) is 16.9. The van der Waals surface area contributed by atoms with Crippen molar-refractivity contribution in [2.75, 3.05) is 18.4 Å². The number of hydrogen-bond donors (Lipinski definition) is 2. The predicted molar refractivity (Wildman–Crippen MR) is 100 cm³/mol. The van der Waals surface area contributed by atoms with Gasteiger partial charge in [0.1, 0.15) is 0 Å². The lowest BCUT2D eigenvalue weighted by Gasteiger charge is -2.27. The van der Waals surface area contributed by atoms with E-state index in [1.165, 1.54) is 29.7 Å². The van der Waals surface area contributed by atoms with Crippen LogP contribution in [0.2, 0.25) is 0 Å². The molecule has 0 aliphatic carbocycles. The number of nitrogens with one attached hydrogen (secondary N) is 2. The molecular formula is C19H25N3OS. The molecule has 1 aromatic heterocycles. The lowest BCUT2D eigenvalue weighted by Crippen LogP contribution is -2.32. The number of nitrogens with zero attached hydrogens (tertiary/aromatic N) is 1. The fraction of sp³-hybridized carbons (Fsp3) is 0.474. The molecule has 1 saturated heterocycles. The van der Waals surface area contributed by atoms with Crippen LogP contribution in [0.25, 0.3) is 11.3 Å².